The SMILES string of the molecule is CC(C)[C@H](N)C(=O)N1CCOC2CCCC21. The second kappa shape index (κ2) is 4.72. The zero-order chi connectivity index (χ0) is 11.7. The molecule has 1 amide bonds. The molecule has 1 aliphatic carbocycles. The third-order valence-electron chi connectivity index (χ3n) is 3.77. The molecule has 1 heterocycles. The Hall–Kier alpha value is -0.610. The number of nitrogens with two attached hydrogens (primary N) is 1. The summed E-state index contributed by atoms with van der Waals surface area (Å²) in [5.74, 6) is 0.311. The molecule has 2 aliphatic rings. The molecule has 0 aromatic heterocycles. The summed E-state index contributed by atoms with van der Waals surface area (Å²) >= 11 is 0. The van der Waals surface area contributed by atoms with Gasteiger partial charge in [-0.25, -0.2) is 0 Å². The molecule has 4 nitrogen and oxygen atoms in total. The lowest BCUT2D eigenvalue weighted by Crippen LogP contribution is -2.56. The summed E-state index contributed by atoms with van der Waals surface area (Å²) in [6.07, 6.45) is 3.58. The van der Waals surface area contributed by atoms with Crippen molar-refractivity contribution in [1.82, 2.24) is 4.90 Å². The van der Waals surface area contributed by atoms with Gasteiger partial charge in [-0.2, -0.15) is 0 Å². The fourth-order valence-electron chi connectivity index (χ4n) is 2.68. The van der Waals surface area contributed by atoms with Crippen LogP contribution in [0.15, 0.2) is 0 Å². The molecule has 3 atom stereocenters. The molecule has 0 aromatic carbocycles. The van der Waals surface area contributed by atoms with Crippen LogP contribution in [0, 0.1) is 5.92 Å². The van der Waals surface area contributed by atoms with Gasteiger partial charge in [0, 0.05) is 6.54 Å². The van der Waals surface area contributed by atoms with Crippen LogP contribution in [0.4, 0.5) is 0 Å². The van der Waals surface area contributed by atoms with E-state index < -0.39 is 0 Å². The van der Waals surface area contributed by atoms with Crippen molar-refractivity contribution in [3.63, 3.8) is 0 Å². The molecular formula is C12H22N2O2. The zero-order valence-corrected chi connectivity index (χ0v) is 10.2. The Morgan fingerprint density at radius 3 is 2.88 bits per heavy atom. The first-order valence-electron chi connectivity index (χ1n) is 6.29. The van der Waals surface area contributed by atoms with E-state index in [-0.39, 0.29) is 30.0 Å². The van der Waals surface area contributed by atoms with Crippen LogP contribution in [0.5, 0.6) is 0 Å². The topological polar surface area (TPSA) is 55.6 Å². The minimum absolute atomic E-state index is 0.107. The summed E-state index contributed by atoms with van der Waals surface area (Å²) in [7, 11) is 0. The maximum Gasteiger partial charge on any atom is 0.240 e. The van der Waals surface area contributed by atoms with Gasteiger partial charge < -0.3 is 15.4 Å². The highest BCUT2D eigenvalue weighted by Gasteiger charge is 2.39. The quantitative estimate of drug-likeness (QED) is 0.756. The largest absolute Gasteiger partial charge is 0.374 e. The van der Waals surface area contributed by atoms with Gasteiger partial charge in [-0.3, -0.25) is 4.79 Å². The zero-order valence-electron chi connectivity index (χ0n) is 10.2. The molecular weight excluding hydrogens is 204 g/mol. The fraction of sp³-hybridized carbons (Fsp3) is 0.917. The van der Waals surface area contributed by atoms with Gasteiger partial charge >= 0.3 is 0 Å². The maximum atomic E-state index is 12.2. The molecule has 0 radical (unpaired) electrons. The van der Waals surface area contributed by atoms with Crippen LogP contribution in [-0.4, -0.2) is 42.1 Å². The Bertz CT molecular complexity index is 268. The number of carbonyl (C=O) groups is 1. The Morgan fingerprint density at radius 2 is 2.19 bits per heavy atom. The van der Waals surface area contributed by atoms with Crippen LogP contribution >= 0.6 is 0 Å². The lowest BCUT2D eigenvalue weighted by molar-refractivity contribution is -0.146. The third-order valence-corrected chi connectivity index (χ3v) is 3.77. The average Bonchev–Trinajstić information content (AvgIpc) is 2.74. The van der Waals surface area contributed by atoms with Crippen molar-refractivity contribution in [1.29, 1.82) is 0 Å². The van der Waals surface area contributed by atoms with Crippen molar-refractivity contribution in [3.8, 4) is 0 Å². The van der Waals surface area contributed by atoms with E-state index in [2.05, 4.69) is 0 Å². The number of rotatable bonds is 2. The highest BCUT2D eigenvalue weighted by atomic mass is 16.5. The summed E-state index contributed by atoms with van der Waals surface area (Å²) in [6, 6.07) is -0.0783. The van der Waals surface area contributed by atoms with Crippen LogP contribution in [0.2, 0.25) is 0 Å². The molecule has 1 saturated heterocycles. The van der Waals surface area contributed by atoms with Crippen LogP contribution in [0.1, 0.15) is 33.1 Å². The second-order valence-electron chi connectivity index (χ2n) is 5.21. The molecule has 2 unspecified atom stereocenters. The van der Waals surface area contributed by atoms with Crippen molar-refractivity contribution >= 4 is 5.91 Å². The number of carbonyl (C=O) groups excluding carboxylic acids is 1. The van der Waals surface area contributed by atoms with Gasteiger partial charge in [0.05, 0.1) is 24.8 Å². The number of fused-ring (bicyclic) bond motifs is 1. The molecule has 0 spiro atoms. The molecule has 4 heteroatoms. The predicted molar refractivity (Wildman–Crippen MR) is 61.9 cm³/mol. The summed E-state index contributed by atoms with van der Waals surface area (Å²) in [5.41, 5.74) is 5.94. The standard InChI is InChI=1S/C12H22N2O2/c1-8(2)11(13)12(15)14-6-7-16-10-5-3-4-9(10)14/h8-11H,3-7,13H2,1-2H3/t9?,10?,11-/m0/s1. The van der Waals surface area contributed by atoms with E-state index >= 15 is 0 Å². The number of ether oxygens (including phenoxy) is 1. The van der Waals surface area contributed by atoms with Crippen LogP contribution < -0.4 is 5.73 Å². The molecule has 2 rings (SSSR count). The van der Waals surface area contributed by atoms with E-state index in [1.807, 2.05) is 18.7 Å². The minimum atomic E-state index is -0.362. The third kappa shape index (κ3) is 2.09. The highest BCUT2D eigenvalue weighted by Crippen LogP contribution is 2.30. The van der Waals surface area contributed by atoms with Gasteiger partial charge in [-0.05, 0) is 25.2 Å². The second-order valence-corrected chi connectivity index (χ2v) is 5.21. The molecule has 1 saturated carbocycles. The van der Waals surface area contributed by atoms with E-state index in [9.17, 15) is 4.79 Å². The van der Waals surface area contributed by atoms with Gasteiger partial charge in [-0.15, -0.1) is 0 Å². The van der Waals surface area contributed by atoms with Crippen LogP contribution in [0.3, 0.4) is 0 Å². The number of nitrogens with zero attached hydrogens (tertiary/aromatic N) is 1. The van der Waals surface area contributed by atoms with Gasteiger partial charge in [0.1, 0.15) is 0 Å². The number of morpholine rings is 1. The summed E-state index contributed by atoms with van der Waals surface area (Å²) in [6.45, 7) is 5.36. The first-order chi connectivity index (χ1) is 7.61. The molecule has 1 aliphatic heterocycles. The molecule has 92 valence electrons. The molecule has 16 heavy (non-hydrogen) atoms. The lowest BCUT2D eigenvalue weighted by Gasteiger charge is -2.39. The van der Waals surface area contributed by atoms with Crippen molar-refractivity contribution in [2.45, 2.75) is 51.3 Å². The first kappa shape index (κ1) is 11.9. The van der Waals surface area contributed by atoms with Gasteiger partial charge in [-0.1, -0.05) is 13.8 Å². The normalized spacial score (nSPS) is 31.6. The number of hydrogen-bond acceptors (Lipinski definition) is 3. The molecule has 0 aromatic rings. The van der Waals surface area contributed by atoms with Crippen molar-refractivity contribution in [2.24, 2.45) is 11.7 Å². The van der Waals surface area contributed by atoms with E-state index in [1.54, 1.807) is 0 Å². The van der Waals surface area contributed by atoms with Gasteiger partial charge in [0.25, 0.3) is 0 Å². The summed E-state index contributed by atoms with van der Waals surface area (Å²) < 4.78 is 5.69. The molecule has 2 N–H and O–H groups in total. The van der Waals surface area contributed by atoms with E-state index in [1.165, 1.54) is 0 Å². The van der Waals surface area contributed by atoms with Gasteiger partial charge in [0.2, 0.25) is 5.91 Å². The average molecular weight is 226 g/mol. The molecule has 0 bridgehead atoms. The maximum absolute atomic E-state index is 12.2. The monoisotopic (exact) mass is 226 g/mol. The highest BCUT2D eigenvalue weighted by molar-refractivity contribution is 5.82. The van der Waals surface area contributed by atoms with E-state index in [4.69, 9.17) is 10.5 Å². The van der Waals surface area contributed by atoms with Crippen molar-refractivity contribution in [3.05, 3.63) is 0 Å². The summed E-state index contributed by atoms with van der Waals surface area (Å²) in [5, 5.41) is 0. The predicted octanol–water partition coefficient (Wildman–Crippen LogP) is 0.750. The van der Waals surface area contributed by atoms with Crippen molar-refractivity contribution < 1.29 is 9.53 Å². The number of amides is 1. The van der Waals surface area contributed by atoms with Crippen LogP contribution in [0.25, 0.3) is 0 Å². The first-order valence-corrected chi connectivity index (χ1v) is 6.29. The molecule has 2 fully saturated rings. The Balaban J connectivity index is 2.05. The Morgan fingerprint density at radius 1 is 1.44 bits per heavy atom. The van der Waals surface area contributed by atoms with E-state index in [0.29, 0.717) is 13.2 Å². The van der Waals surface area contributed by atoms with Crippen LogP contribution in [-0.2, 0) is 9.53 Å². The smallest absolute Gasteiger partial charge is 0.240 e. The number of hydrogen-bond donors (Lipinski definition) is 1. The minimum Gasteiger partial charge on any atom is -0.374 e. The Labute approximate surface area is 97.1 Å². The van der Waals surface area contributed by atoms with E-state index in [0.717, 1.165) is 19.3 Å². The van der Waals surface area contributed by atoms with Gasteiger partial charge in [0.15, 0.2) is 0 Å². The fourth-order valence-corrected chi connectivity index (χ4v) is 2.68. The lowest BCUT2D eigenvalue weighted by atomic mass is 10.0. The Kier molecular flexibility index (Phi) is 3.50. The van der Waals surface area contributed by atoms with Crippen molar-refractivity contribution in [2.75, 3.05) is 13.2 Å². The summed E-state index contributed by atoms with van der Waals surface area (Å²) in [4.78, 5) is 14.2.